The number of thiazole rings is 1. The summed E-state index contributed by atoms with van der Waals surface area (Å²) in [6, 6.07) is 9.61. The largest absolute Gasteiger partial charge is 0.465 e. The Balaban J connectivity index is 1.61. The highest BCUT2D eigenvalue weighted by molar-refractivity contribution is 7.19. The van der Waals surface area contributed by atoms with Crippen LogP contribution < -0.4 is 5.32 Å². The first kappa shape index (κ1) is 16.3. The van der Waals surface area contributed by atoms with E-state index in [1.165, 1.54) is 16.2 Å². The highest BCUT2D eigenvalue weighted by Crippen LogP contribution is 2.28. The van der Waals surface area contributed by atoms with Crippen molar-refractivity contribution in [3.05, 3.63) is 36.5 Å². The molecule has 0 radical (unpaired) electrons. The van der Waals surface area contributed by atoms with E-state index in [9.17, 15) is 9.59 Å². The van der Waals surface area contributed by atoms with Gasteiger partial charge in [-0.05, 0) is 12.0 Å². The second kappa shape index (κ2) is 7.31. The molecule has 126 valence electrons. The molecule has 0 unspecified atom stereocenters. The van der Waals surface area contributed by atoms with Crippen LogP contribution in [0.15, 0.2) is 36.5 Å². The molecule has 0 bridgehead atoms. The number of hydrogen-bond acceptors (Lipinski definition) is 4. The molecule has 1 aliphatic heterocycles. The first-order chi connectivity index (χ1) is 11.6. The topological polar surface area (TPSA) is 85.8 Å². The summed E-state index contributed by atoms with van der Waals surface area (Å²) < 4.78 is 0. The zero-order valence-electron chi connectivity index (χ0n) is 13.0. The summed E-state index contributed by atoms with van der Waals surface area (Å²) in [6.07, 6.45) is 1.43. The summed E-state index contributed by atoms with van der Waals surface area (Å²) >= 11 is 1.41. The molecule has 1 saturated heterocycles. The van der Waals surface area contributed by atoms with Crippen molar-refractivity contribution in [2.45, 2.75) is 6.42 Å². The van der Waals surface area contributed by atoms with Gasteiger partial charge in [-0.3, -0.25) is 5.32 Å². The molecule has 2 N–H and O–H groups in total. The maximum absolute atomic E-state index is 12.4. The van der Waals surface area contributed by atoms with Gasteiger partial charge in [-0.1, -0.05) is 41.7 Å². The minimum atomic E-state index is -0.940. The smallest absolute Gasteiger partial charge is 0.407 e. The third kappa shape index (κ3) is 3.83. The number of urea groups is 1. The molecule has 7 nitrogen and oxygen atoms in total. The summed E-state index contributed by atoms with van der Waals surface area (Å²) in [5.74, 6) is 0. The Hall–Kier alpha value is -2.61. The van der Waals surface area contributed by atoms with Crippen LogP contribution in [0.5, 0.6) is 0 Å². The van der Waals surface area contributed by atoms with Crippen molar-refractivity contribution in [2.24, 2.45) is 0 Å². The van der Waals surface area contributed by atoms with Crippen LogP contribution in [0.3, 0.4) is 0 Å². The van der Waals surface area contributed by atoms with Crippen molar-refractivity contribution in [3.8, 4) is 10.4 Å². The van der Waals surface area contributed by atoms with E-state index in [2.05, 4.69) is 10.3 Å². The minimum absolute atomic E-state index is 0.240. The Bertz CT molecular complexity index is 719. The molecule has 0 saturated carbocycles. The number of aromatic nitrogens is 1. The van der Waals surface area contributed by atoms with Crippen molar-refractivity contribution in [2.75, 3.05) is 31.5 Å². The van der Waals surface area contributed by atoms with Crippen molar-refractivity contribution >= 4 is 28.6 Å². The number of benzene rings is 1. The Morgan fingerprint density at radius 3 is 2.54 bits per heavy atom. The van der Waals surface area contributed by atoms with Crippen LogP contribution in [0.4, 0.5) is 14.7 Å². The number of carbonyl (C=O) groups excluding carboxylic acids is 1. The van der Waals surface area contributed by atoms with Gasteiger partial charge in [0.25, 0.3) is 0 Å². The fourth-order valence-electron chi connectivity index (χ4n) is 2.55. The van der Waals surface area contributed by atoms with Crippen LogP contribution in [0.1, 0.15) is 6.42 Å². The summed E-state index contributed by atoms with van der Waals surface area (Å²) in [5.41, 5.74) is 1.06. The lowest BCUT2D eigenvalue weighted by Gasteiger charge is -2.20. The van der Waals surface area contributed by atoms with Crippen molar-refractivity contribution in [1.29, 1.82) is 0 Å². The summed E-state index contributed by atoms with van der Waals surface area (Å²) in [4.78, 5) is 31.6. The molecule has 24 heavy (non-hydrogen) atoms. The predicted octanol–water partition coefficient (Wildman–Crippen LogP) is 3.03. The van der Waals surface area contributed by atoms with Gasteiger partial charge in [0, 0.05) is 32.4 Å². The molecular formula is C16H18N4O3S. The van der Waals surface area contributed by atoms with E-state index >= 15 is 0 Å². The number of nitrogens with zero attached hydrogens (tertiary/aromatic N) is 3. The van der Waals surface area contributed by atoms with Crippen LogP contribution in [-0.2, 0) is 0 Å². The van der Waals surface area contributed by atoms with E-state index in [1.54, 1.807) is 11.1 Å². The van der Waals surface area contributed by atoms with E-state index in [4.69, 9.17) is 5.11 Å². The third-order valence-corrected chi connectivity index (χ3v) is 4.79. The van der Waals surface area contributed by atoms with Gasteiger partial charge < -0.3 is 14.9 Å². The molecule has 1 aromatic carbocycles. The average Bonchev–Trinajstić information content (AvgIpc) is 2.90. The van der Waals surface area contributed by atoms with Crippen molar-refractivity contribution in [1.82, 2.24) is 14.8 Å². The SMILES string of the molecule is O=C(O)N1CCCN(C(=O)Nc2ncc(-c3ccccc3)s2)CC1. The highest BCUT2D eigenvalue weighted by Gasteiger charge is 2.22. The lowest BCUT2D eigenvalue weighted by Crippen LogP contribution is -2.38. The molecule has 3 rings (SSSR count). The Kier molecular flexibility index (Phi) is 4.95. The maximum Gasteiger partial charge on any atom is 0.407 e. The number of rotatable bonds is 2. The molecule has 0 spiro atoms. The Morgan fingerprint density at radius 1 is 1.08 bits per heavy atom. The van der Waals surface area contributed by atoms with Crippen LogP contribution in [-0.4, -0.2) is 58.2 Å². The highest BCUT2D eigenvalue weighted by atomic mass is 32.1. The number of amides is 3. The lowest BCUT2D eigenvalue weighted by molar-refractivity contribution is 0.146. The lowest BCUT2D eigenvalue weighted by atomic mass is 10.2. The van der Waals surface area contributed by atoms with Crippen LogP contribution >= 0.6 is 11.3 Å². The van der Waals surface area contributed by atoms with Gasteiger partial charge in [-0.15, -0.1) is 0 Å². The van der Waals surface area contributed by atoms with Gasteiger partial charge in [0.2, 0.25) is 0 Å². The van der Waals surface area contributed by atoms with Crippen molar-refractivity contribution < 1.29 is 14.7 Å². The first-order valence-electron chi connectivity index (χ1n) is 7.68. The molecule has 8 heteroatoms. The molecule has 1 aromatic heterocycles. The second-order valence-corrected chi connectivity index (χ2v) is 6.47. The van der Waals surface area contributed by atoms with Gasteiger partial charge in [0.1, 0.15) is 0 Å². The van der Waals surface area contributed by atoms with E-state index in [1.807, 2.05) is 30.3 Å². The molecule has 2 heterocycles. The van der Waals surface area contributed by atoms with Crippen molar-refractivity contribution in [3.63, 3.8) is 0 Å². The first-order valence-corrected chi connectivity index (χ1v) is 8.50. The summed E-state index contributed by atoms with van der Waals surface area (Å²) in [6.45, 7) is 1.70. The minimum Gasteiger partial charge on any atom is -0.465 e. The summed E-state index contributed by atoms with van der Waals surface area (Å²) in [7, 11) is 0. The number of carbonyl (C=O) groups is 2. The van der Waals surface area contributed by atoms with Crippen LogP contribution in [0, 0.1) is 0 Å². The number of hydrogen-bond donors (Lipinski definition) is 2. The zero-order valence-corrected chi connectivity index (χ0v) is 13.8. The molecular weight excluding hydrogens is 328 g/mol. The van der Waals surface area contributed by atoms with Gasteiger partial charge >= 0.3 is 12.1 Å². The summed E-state index contributed by atoms with van der Waals surface area (Å²) in [5, 5.41) is 12.4. The predicted molar refractivity (Wildman–Crippen MR) is 92.4 cm³/mol. The van der Waals surface area contributed by atoms with Crippen LogP contribution in [0.25, 0.3) is 10.4 Å². The Labute approximate surface area is 143 Å². The quantitative estimate of drug-likeness (QED) is 0.875. The Morgan fingerprint density at radius 2 is 1.79 bits per heavy atom. The van der Waals surface area contributed by atoms with Gasteiger partial charge in [-0.25, -0.2) is 14.6 Å². The van der Waals surface area contributed by atoms with Crippen LogP contribution in [0.2, 0.25) is 0 Å². The second-order valence-electron chi connectivity index (χ2n) is 5.44. The number of carboxylic acid groups (broad SMARTS) is 1. The van der Waals surface area contributed by atoms with E-state index < -0.39 is 6.09 Å². The fourth-order valence-corrected chi connectivity index (χ4v) is 3.36. The van der Waals surface area contributed by atoms with E-state index in [0.717, 1.165) is 10.4 Å². The standard InChI is InChI=1S/C16H18N4O3S/c21-15(19-7-4-8-20(10-9-19)16(22)23)18-14-17-11-13(24-14)12-5-2-1-3-6-12/h1-3,5-6,11H,4,7-10H2,(H,22,23)(H,17,18,21). The normalized spacial score (nSPS) is 15.0. The van der Waals surface area contributed by atoms with Gasteiger partial charge in [0.15, 0.2) is 5.13 Å². The maximum atomic E-state index is 12.4. The third-order valence-electron chi connectivity index (χ3n) is 3.83. The molecule has 3 amide bonds. The van der Waals surface area contributed by atoms with Gasteiger partial charge in [-0.2, -0.15) is 0 Å². The number of nitrogens with one attached hydrogen (secondary N) is 1. The molecule has 0 aliphatic carbocycles. The molecule has 0 atom stereocenters. The zero-order chi connectivity index (χ0) is 16.9. The average molecular weight is 346 g/mol. The van der Waals surface area contributed by atoms with Gasteiger partial charge in [0.05, 0.1) is 4.88 Å². The molecule has 1 aliphatic rings. The fraction of sp³-hybridized carbons (Fsp3) is 0.312. The monoisotopic (exact) mass is 346 g/mol. The van der Waals surface area contributed by atoms with E-state index in [0.29, 0.717) is 37.7 Å². The van der Waals surface area contributed by atoms with E-state index in [-0.39, 0.29) is 6.03 Å². The molecule has 1 fully saturated rings. The number of anilines is 1. The molecule has 2 aromatic rings.